The highest BCUT2D eigenvalue weighted by atomic mass is 16.3. The number of fused-ring (bicyclic) bond motifs is 1. The Labute approximate surface area is 493 Å². The minimum absolute atomic E-state index is 0.0191. The minimum Gasteiger partial charge on any atom is -0.508 e. The van der Waals surface area contributed by atoms with E-state index in [2.05, 4.69) is 47.9 Å². The molecule has 0 unspecified atom stereocenters. The van der Waals surface area contributed by atoms with Crippen molar-refractivity contribution in [3.63, 3.8) is 0 Å². The summed E-state index contributed by atoms with van der Waals surface area (Å²) in [5, 5.41) is 33.6. The summed E-state index contributed by atoms with van der Waals surface area (Å²) < 4.78 is 0. The topological polar surface area (TPSA) is 415 Å². The maximum atomic E-state index is 15.0. The number of hydrogen-bond acceptors (Lipinski definition) is 14. The molecule has 12 amide bonds. The molecule has 10 atom stereocenters. The minimum atomic E-state index is -1.85. The van der Waals surface area contributed by atoms with Crippen LogP contribution in [0.4, 0.5) is 0 Å². The molecule has 16 N–H and O–H groups in total. The van der Waals surface area contributed by atoms with Crippen LogP contribution in [0.5, 0.6) is 5.75 Å². The van der Waals surface area contributed by atoms with Gasteiger partial charge in [0, 0.05) is 25.8 Å². The molecule has 26 heteroatoms. The van der Waals surface area contributed by atoms with Crippen LogP contribution in [0.1, 0.15) is 96.3 Å². The second kappa shape index (κ2) is 32.2. The molecule has 0 spiro atoms. The second-order valence-corrected chi connectivity index (χ2v) is 22.2. The smallest absolute Gasteiger partial charge is 0.246 e. The number of phenols is 1. The van der Waals surface area contributed by atoms with Gasteiger partial charge in [-0.3, -0.25) is 57.5 Å². The van der Waals surface area contributed by atoms with E-state index in [0.717, 1.165) is 0 Å². The Kier molecular flexibility index (Phi) is 25.3. The van der Waals surface area contributed by atoms with Gasteiger partial charge in [0.05, 0.1) is 12.8 Å². The summed E-state index contributed by atoms with van der Waals surface area (Å²) in [6.45, 7) is 8.20. The van der Waals surface area contributed by atoms with Gasteiger partial charge in [-0.2, -0.15) is 0 Å². The van der Waals surface area contributed by atoms with Crippen molar-refractivity contribution in [1.82, 2.24) is 52.8 Å². The summed E-state index contributed by atoms with van der Waals surface area (Å²) >= 11 is 0. The van der Waals surface area contributed by atoms with Gasteiger partial charge in [0.15, 0.2) is 0 Å². The highest BCUT2D eigenvalue weighted by Crippen LogP contribution is 2.22. The lowest BCUT2D eigenvalue weighted by atomic mass is 9.99. The van der Waals surface area contributed by atoms with Crippen LogP contribution >= 0.6 is 0 Å². The van der Waals surface area contributed by atoms with Crippen molar-refractivity contribution in [2.24, 2.45) is 29.0 Å². The van der Waals surface area contributed by atoms with Crippen LogP contribution in [0.3, 0.4) is 0 Å². The van der Waals surface area contributed by atoms with Crippen LogP contribution in [0.25, 0.3) is 0 Å². The Bertz CT molecular complexity index is 2860. The first-order valence-corrected chi connectivity index (χ1v) is 28.5. The number of amides is 12. The first-order valence-electron chi connectivity index (χ1n) is 28.5. The quantitative estimate of drug-likeness (QED) is 0.0738. The predicted molar refractivity (Wildman–Crippen MR) is 310 cm³/mol. The van der Waals surface area contributed by atoms with E-state index in [4.69, 9.17) is 17.2 Å². The number of primary amides is 2. The number of phenolic OH excluding ortho intramolecular Hbond substituents is 1. The molecule has 85 heavy (non-hydrogen) atoms. The standard InChI is InChI=1S/C59H81N13O13/c1-32(2)26-40-53(79)70-45(29-37-20-22-38(73)23-21-37)59(85)72-25-13-19-46(72)57(83)69-42(28-36-16-10-7-11-17-36)55(81)66-41(27-35-14-8-6-9-15-35)54(80)68-44(31-48(62)75)56(82)67-43(30-47(61)74)52(78)63-34(5)50(76)71-49(33(3)4)58(84)64-39(18-12-24-60)51(77)65-40/h6-11,14-17,20-23,32-34,39-46,49,73H,12-13,18-19,24-31,60H2,1-5H3,(H2,61,74)(H2,62,75)(H,63,78)(H,64,84)(H,65,77)(H,66,81)(H,67,82)(H,68,80)(H,69,83)(H,70,79)(H,71,76)/t34-,39-,40-,41+,42-,43-,44-,45+,46-,49-/m0/s1. The van der Waals surface area contributed by atoms with Crippen molar-refractivity contribution in [1.29, 1.82) is 0 Å². The van der Waals surface area contributed by atoms with Crippen LogP contribution < -0.4 is 65.1 Å². The molecule has 26 nitrogen and oxygen atoms in total. The Morgan fingerprint density at radius 3 is 1.45 bits per heavy atom. The van der Waals surface area contributed by atoms with Crippen LogP contribution in [-0.2, 0) is 76.8 Å². The number of rotatable bonds is 16. The van der Waals surface area contributed by atoms with Crippen molar-refractivity contribution in [3.05, 3.63) is 102 Å². The SMILES string of the molecule is CC(C)C[C@@H]1NC(=O)[C@H](CCCN)NC(=O)[C@H](C(C)C)NC(=O)[C@H](C)NC(=O)[C@H](CC(N)=O)NC(=O)[C@H](CC(N)=O)NC(=O)[C@@H](Cc2ccccc2)NC(=O)[C@H](Cc2ccccc2)NC(=O)[C@@H]2CCCN2C(=O)[C@@H](Cc2ccc(O)cc2)NC1=O. The first kappa shape index (κ1) is 66.9. The average Bonchev–Trinajstić information content (AvgIpc) is 4.11. The molecule has 2 fully saturated rings. The molecule has 2 aliphatic heterocycles. The van der Waals surface area contributed by atoms with E-state index in [-0.39, 0.29) is 69.7 Å². The third-order valence-electron chi connectivity index (χ3n) is 14.4. The molecule has 0 aliphatic carbocycles. The Hall–Kier alpha value is -8.94. The number of nitrogens with one attached hydrogen (secondary N) is 9. The molecule has 5 rings (SSSR count). The molecule has 3 aromatic rings. The van der Waals surface area contributed by atoms with Crippen molar-refractivity contribution in [3.8, 4) is 5.75 Å². The summed E-state index contributed by atoms with van der Waals surface area (Å²) in [4.78, 5) is 170. The summed E-state index contributed by atoms with van der Waals surface area (Å²) in [6, 6.07) is 8.25. The Morgan fingerprint density at radius 2 is 0.941 bits per heavy atom. The number of aromatic hydroxyl groups is 1. The summed E-state index contributed by atoms with van der Waals surface area (Å²) in [5.41, 5.74) is 18.5. The lowest BCUT2D eigenvalue weighted by Gasteiger charge is -2.32. The second-order valence-electron chi connectivity index (χ2n) is 22.2. The van der Waals surface area contributed by atoms with Gasteiger partial charge in [-0.05, 0) is 86.2 Å². The molecule has 0 saturated carbocycles. The number of benzene rings is 3. The van der Waals surface area contributed by atoms with Crippen molar-refractivity contribution in [2.45, 2.75) is 159 Å². The summed E-state index contributed by atoms with van der Waals surface area (Å²) in [5.74, 6) is -12.1. The van der Waals surface area contributed by atoms with Gasteiger partial charge >= 0.3 is 0 Å². The molecule has 460 valence electrons. The third-order valence-corrected chi connectivity index (χ3v) is 14.4. The predicted octanol–water partition coefficient (Wildman–Crippen LogP) is -2.00. The number of hydrogen-bond donors (Lipinski definition) is 13. The zero-order valence-electron chi connectivity index (χ0n) is 48.5. The number of carbonyl (C=O) groups excluding carboxylic acids is 12. The number of carbonyl (C=O) groups is 12. The van der Waals surface area contributed by atoms with Crippen molar-refractivity contribution < 1.29 is 62.6 Å². The van der Waals surface area contributed by atoms with Gasteiger partial charge in [0.1, 0.15) is 66.2 Å². The molecule has 0 bridgehead atoms. The van der Waals surface area contributed by atoms with E-state index in [9.17, 15) is 57.8 Å². The number of nitrogens with two attached hydrogens (primary N) is 3. The highest BCUT2D eigenvalue weighted by Gasteiger charge is 2.41. The molecule has 3 aromatic carbocycles. The van der Waals surface area contributed by atoms with Crippen LogP contribution in [0, 0.1) is 11.8 Å². The summed E-state index contributed by atoms with van der Waals surface area (Å²) in [6.07, 6.45) is -1.48. The fraction of sp³-hybridized carbons (Fsp3) is 0.492. The lowest BCUT2D eigenvalue weighted by molar-refractivity contribution is -0.142. The molecule has 0 radical (unpaired) electrons. The lowest BCUT2D eigenvalue weighted by Crippen LogP contribution is -2.62. The van der Waals surface area contributed by atoms with Gasteiger partial charge in [0.25, 0.3) is 0 Å². The molecular formula is C59H81N13O13. The van der Waals surface area contributed by atoms with Gasteiger partial charge in [0.2, 0.25) is 70.9 Å². The van der Waals surface area contributed by atoms with Crippen LogP contribution in [0.2, 0.25) is 0 Å². The fourth-order valence-electron chi connectivity index (χ4n) is 9.89. The molecular weight excluding hydrogens is 1100 g/mol. The molecule has 2 aliphatic rings. The molecule has 2 saturated heterocycles. The monoisotopic (exact) mass is 1180 g/mol. The third kappa shape index (κ3) is 20.7. The first-order chi connectivity index (χ1) is 40.3. The highest BCUT2D eigenvalue weighted by molar-refractivity contribution is 6.01. The zero-order valence-corrected chi connectivity index (χ0v) is 48.5. The fourth-order valence-corrected chi connectivity index (χ4v) is 9.89. The van der Waals surface area contributed by atoms with E-state index in [1.165, 1.54) is 24.0 Å². The van der Waals surface area contributed by atoms with Gasteiger partial charge in [-0.15, -0.1) is 0 Å². The van der Waals surface area contributed by atoms with Crippen LogP contribution in [-0.4, -0.2) is 154 Å². The zero-order chi connectivity index (χ0) is 62.5. The maximum absolute atomic E-state index is 15.0. The van der Waals surface area contributed by atoms with Crippen molar-refractivity contribution in [2.75, 3.05) is 13.1 Å². The van der Waals surface area contributed by atoms with E-state index in [0.29, 0.717) is 23.1 Å². The Balaban J connectivity index is 1.61. The van der Waals surface area contributed by atoms with E-state index >= 15 is 4.79 Å². The average molecular weight is 1180 g/mol. The van der Waals surface area contributed by atoms with Crippen LogP contribution in [0.15, 0.2) is 84.9 Å². The van der Waals surface area contributed by atoms with E-state index in [1.54, 1.807) is 100 Å². The number of nitrogens with zero attached hydrogens (tertiary/aromatic N) is 1. The largest absolute Gasteiger partial charge is 0.508 e. The maximum Gasteiger partial charge on any atom is 0.246 e. The summed E-state index contributed by atoms with van der Waals surface area (Å²) in [7, 11) is 0. The van der Waals surface area contributed by atoms with Gasteiger partial charge in [-0.1, -0.05) is 100 Å². The normalized spacial score (nSPS) is 25.0. The molecule has 2 heterocycles. The van der Waals surface area contributed by atoms with E-state index in [1.807, 2.05) is 0 Å². The Morgan fingerprint density at radius 1 is 0.518 bits per heavy atom. The van der Waals surface area contributed by atoms with Gasteiger partial charge < -0.3 is 75.1 Å². The van der Waals surface area contributed by atoms with Gasteiger partial charge in [-0.25, -0.2) is 0 Å². The molecule has 0 aromatic heterocycles. The van der Waals surface area contributed by atoms with Crippen molar-refractivity contribution >= 4 is 70.9 Å². The van der Waals surface area contributed by atoms with E-state index < -0.39 is 150 Å².